The Morgan fingerprint density at radius 3 is 2.70 bits per heavy atom. The van der Waals surface area contributed by atoms with Crippen LogP contribution in [0, 0.1) is 5.92 Å². The van der Waals surface area contributed by atoms with Crippen molar-refractivity contribution < 1.29 is 4.74 Å². The van der Waals surface area contributed by atoms with Crippen LogP contribution in [-0.2, 0) is 13.1 Å². The van der Waals surface area contributed by atoms with Crippen LogP contribution in [0.1, 0.15) is 36.8 Å². The van der Waals surface area contributed by atoms with Crippen LogP contribution >= 0.6 is 0 Å². The largest absolute Gasteiger partial charge is 0.497 e. The summed E-state index contributed by atoms with van der Waals surface area (Å²) in [5.41, 5.74) is 8.39. The minimum absolute atomic E-state index is 0.588. The number of nitrogens with zero attached hydrogens (tertiary/aromatic N) is 2. The van der Waals surface area contributed by atoms with E-state index >= 15 is 0 Å². The third-order valence-corrected chi connectivity index (χ3v) is 5.30. The Kier molecular flexibility index (Phi) is 7.48. The molecule has 0 radical (unpaired) electrons. The van der Waals surface area contributed by atoms with Crippen molar-refractivity contribution in [1.82, 2.24) is 15.2 Å². The van der Waals surface area contributed by atoms with Crippen molar-refractivity contribution in [1.29, 1.82) is 0 Å². The first-order chi connectivity index (χ1) is 13.2. The maximum Gasteiger partial charge on any atom is 0.123 e. The number of aromatic nitrogens is 1. The monoisotopic (exact) mass is 368 g/mol. The number of benzene rings is 1. The summed E-state index contributed by atoms with van der Waals surface area (Å²) in [6, 6.07) is 12.4. The molecule has 1 aliphatic heterocycles. The Morgan fingerprint density at radius 1 is 1.19 bits per heavy atom. The zero-order valence-electron chi connectivity index (χ0n) is 16.4. The van der Waals surface area contributed by atoms with Crippen molar-refractivity contribution in [2.75, 3.05) is 32.5 Å². The fourth-order valence-corrected chi connectivity index (χ4v) is 3.83. The number of piperidine rings is 1. The quantitative estimate of drug-likeness (QED) is 0.710. The van der Waals surface area contributed by atoms with Gasteiger partial charge in [0.25, 0.3) is 0 Å². The maximum absolute atomic E-state index is 5.87. The van der Waals surface area contributed by atoms with Crippen LogP contribution in [0.3, 0.4) is 0 Å². The van der Waals surface area contributed by atoms with E-state index in [4.69, 9.17) is 10.5 Å². The molecule has 1 unspecified atom stereocenters. The van der Waals surface area contributed by atoms with Crippen molar-refractivity contribution in [3.63, 3.8) is 0 Å². The molecule has 1 aliphatic rings. The first-order valence-electron chi connectivity index (χ1n) is 9.99. The minimum Gasteiger partial charge on any atom is -0.497 e. The third-order valence-electron chi connectivity index (χ3n) is 5.30. The molecule has 3 N–H and O–H groups in total. The summed E-state index contributed by atoms with van der Waals surface area (Å²) in [7, 11) is 1.70. The number of hydrogen-bond acceptors (Lipinski definition) is 5. The smallest absolute Gasteiger partial charge is 0.123 e. The molecular weight excluding hydrogens is 336 g/mol. The molecule has 1 saturated heterocycles. The molecule has 27 heavy (non-hydrogen) atoms. The number of methoxy groups -OCH3 is 1. The highest BCUT2D eigenvalue weighted by molar-refractivity contribution is 5.32. The van der Waals surface area contributed by atoms with Gasteiger partial charge in [0.2, 0.25) is 0 Å². The van der Waals surface area contributed by atoms with E-state index in [0.717, 1.165) is 31.3 Å². The van der Waals surface area contributed by atoms with Gasteiger partial charge in [-0.05, 0) is 86.6 Å². The minimum atomic E-state index is 0.588. The normalized spacial score (nSPS) is 17.2. The second kappa shape index (κ2) is 10.3. The van der Waals surface area contributed by atoms with Crippen LogP contribution in [0.25, 0.3) is 0 Å². The van der Waals surface area contributed by atoms with Crippen molar-refractivity contribution in [3.8, 4) is 5.75 Å². The molecule has 5 heteroatoms. The molecule has 2 aromatic rings. The Bertz CT molecular complexity index is 683. The lowest BCUT2D eigenvalue weighted by atomic mass is 9.94. The average Bonchev–Trinajstić information content (AvgIpc) is 2.69. The number of pyridine rings is 1. The molecule has 0 aliphatic carbocycles. The fraction of sp³-hybridized carbons (Fsp3) is 0.500. The maximum atomic E-state index is 5.87. The molecule has 0 saturated carbocycles. The molecule has 3 rings (SSSR count). The molecule has 5 nitrogen and oxygen atoms in total. The highest BCUT2D eigenvalue weighted by Crippen LogP contribution is 2.19. The van der Waals surface area contributed by atoms with Gasteiger partial charge in [-0.2, -0.15) is 0 Å². The predicted octanol–water partition coefficient (Wildman–Crippen LogP) is 3.45. The van der Waals surface area contributed by atoms with Crippen LogP contribution < -0.4 is 15.8 Å². The Morgan fingerprint density at radius 2 is 2.00 bits per heavy atom. The van der Waals surface area contributed by atoms with Crippen LogP contribution in [0.5, 0.6) is 5.75 Å². The van der Waals surface area contributed by atoms with E-state index in [-0.39, 0.29) is 0 Å². The van der Waals surface area contributed by atoms with E-state index in [0.29, 0.717) is 5.82 Å². The number of anilines is 1. The molecule has 146 valence electrons. The van der Waals surface area contributed by atoms with Gasteiger partial charge in [-0.3, -0.25) is 4.90 Å². The average molecular weight is 369 g/mol. The highest BCUT2D eigenvalue weighted by atomic mass is 16.5. The number of hydrogen-bond donors (Lipinski definition) is 2. The van der Waals surface area contributed by atoms with Crippen LogP contribution in [-0.4, -0.2) is 36.6 Å². The second-order valence-electron chi connectivity index (χ2n) is 7.50. The molecule has 0 bridgehead atoms. The lowest BCUT2D eigenvalue weighted by Gasteiger charge is -2.26. The van der Waals surface area contributed by atoms with Gasteiger partial charge >= 0.3 is 0 Å². The van der Waals surface area contributed by atoms with Crippen molar-refractivity contribution in [2.45, 2.75) is 38.8 Å². The Balaban J connectivity index is 1.59. The van der Waals surface area contributed by atoms with Crippen molar-refractivity contribution >= 4 is 5.82 Å². The summed E-state index contributed by atoms with van der Waals surface area (Å²) in [6.45, 7) is 5.27. The van der Waals surface area contributed by atoms with Crippen molar-refractivity contribution in [2.24, 2.45) is 5.92 Å². The number of nitrogens with one attached hydrogen (secondary N) is 1. The van der Waals surface area contributed by atoms with E-state index in [1.54, 1.807) is 13.3 Å². The van der Waals surface area contributed by atoms with E-state index in [2.05, 4.69) is 33.4 Å². The first kappa shape index (κ1) is 19.6. The first-order valence-corrected chi connectivity index (χ1v) is 9.99. The summed E-state index contributed by atoms with van der Waals surface area (Å²) >= 11 is 0. The van der Waals surface area contributed by atoms with Crippen molar-refractivity contribution in [3.05, 3.63) is 53.7 Å². The standard InChI is InChI=1S/C22H32N4O/c1-27-21-8-6-19(7-9-21)16-26(17-20-10-12-25-22(23)14-20)13-3-5-18-4-2-11-24-15-18/h6-10,12,14,18,24H,2-5,11,13,15-17H2,1H3,(H2,23,25). The van der Waals surface area contributed by atoms with Gasteiger partial charge in [-0.1, -0.05) is 12.1 Å². The zero-order chi connectivity index (χ0) is 18.9. The fourth-order valence-electron chi connectivity index (χ4n) is 3.83. The molecular formula is C22H32N4O. The SMILES string of the molecule is COc1ccc(CN(CCCC2CCCNC2)Cc2ccnc(N)c2)cc1. The third kappa shape index (κ3) is 6.52. The van der Waals surface area contributed by atoms with Gasteiger partial charge in [0.05, 0.1) is 7.11 Å². The Hall–Kier alpha value is -2.11. The van der Waals surface area contributed by atoms with Crippen LogP contribution in [0.4, 0.5) is 5.82 Å². The van der Waals surface area contributed by atoms with Gasteiger partial charge in [0.15, 0.2) is 0 Å². The summed E-state index contributed by atoms with van der Waals surface area (Å²) in [6.07, 6.45) is 7.00. The topological polar surface area (TPSA) is 63.4 Å². The number of nitrogens with two attached hydrogens (primary N) is 1. The Labute approximate surface area is 162 Å². The van der Waals surface area contributed by atoms with Gasteiger partial charge in [-0.15, -0.1) is 0 Å². The van der Waals surface area contributed by atoms with E-state index < -0.39 is 0 Å². The zero-order valence-corrected chi connectivity index (χ0v) is 16.4. The molecule has 1 aromatic carbocycles. The van der Waals surface area contributed by atoms with Crippen LogP contribution in [0.15, 0.2) is 42.6 Å². The van der Waals surface area contributed by atoms with E-state index in [1.165, 1.54) is 49.9 Å². The lowest BCUT2D eigenvalue weighted by molar-refractivity contribution is 0.237. The predicted molar refractivity (Wildman–Crippen MR) is 111 cm³/mol. The number of nitrogen functional groups attached to an aromatic ring is 1. The molecule has 1 atom stereocenters. The van der Waals surface area contributed by atoms with Gasteiger partial charge in [0, 0.05) is 19.3 Å². The van der Waals surface area contributed by atoms with E-state index in [1.807, 2.05) is 18.2 Å². The molecule has 1 fully saturated rings. The lowest BCUT2D eigenvalue weighted by Crippen LogP contribution is -2.30. The molecule has 0 amide bonds. The van der Waals surface area contributed by atoms with Gasteiger partial charge < -0.3 is 15.8 Å². The molecule has 0 spiro atoms. The highest BCUT2D eigenvalue weighted by Gasteiger charge is 2.14. The summed E-state index contributed by atoms with van der Waals surface area (Å²) in [4.78, 5) is 6.62. The van der Waals surface area contributed by atoms with Gasteiger partial charge in [-0.25, -0.2) is 4.98 Å². The van der Waals surface area contributed by atoms with E-state index in [9.17, 15) is 0 Å². The number of ether oxygens (including phenoxy) is 1. The molecule has 2 heterocycles. The second-order valence-corrected chi connectivity index (χ2v) is 7.50. The van der Waals surface area contributed by atoms with Gasteiger partial charge in [0.1, 0.15) is 11.6 Å². The summed E-state index contributed by atoms with van der Waals surface area (Å²) in [5, 5.41) is 3.52. The summed E-state index contributed by atoms with van der Waals surface area (Å²) < 4.78 is 5.27. The van der Waals surface area contributed by atoms with Crippen LogP contribution in [0.2, 0.25) is 0 Å². The molecule has 1 aromatic heterocycles. The summed E-state index contributed by atoms with van der Waals surface area (Å²) in [5.74, 6) is 2.32. The number of rotatable bonds is 9.